The van der Waals surface area contributed by atoms with Crippen molar-refractivity contribution in [1.29, 1.82) is 0 Å². The number of hydrogen-bond acceptors (Lipinski definition) is 4. The molecule has 0 spiro atoms. The second kappa shape index (κ2) is 10.4. The van der Waals surface area contributed by atoms with Gasteiger partial charge in [-0.05, 0) is 63.7 Å². The molecule has 0 radical (unpaired) electrons. The van der Waals surface area contributed by atoms with E-state index in [0.29, 0.717) is 12.0 Å². The zero-order valence-electron chi connectivity index (χ0n) is 18.0. The number of aryl methyl sites for hydroxylation is 1. The molecular formula is C23H38N4O. The predicted molar refractivity (Wildman–Crippen MR) is 114 cm³/mol. The van der Waals surface area contributed by atoms with Crippen molar-refractivity contribution in [1.82, 2.24) is 20.1 Å². The van der Waals surface area contributed by atoms with E-state index in [0.717, 1.165) is 64.2 Å². The Bertz CT molecular complexity index is 619. The Morgan fingerprint density at radius 2 is 1.89 bits per heavy atom. The van der Waals surface area contributed by atoms with E-state index in [1.165, 1.54) is 18.5 Å². The standard InChI is InChI=1S/C23H38N4O/c1-4-18(2)16-24-23(28)20-8-14-27(15-9-20)22-10-12-26(13-11-22)17-21-7-5-6-19(3)25-21/h5-7,18,20,22H,4,8-17H2,1-3H3,(H,24,28)/t18-/m0/s1. The van der Waals surface area contributed by atoms with E-state index in [1.54, 1.807) is 0 Å². The van der Waals surface area contributed by atoms with E-state index in [-0.39, 0.29) is 11.8 Å². The van der Waals surface area contributed by atoms with Gasteiger partial charge in [-0.15, -0.1) is 0 Å². The molecule has 2 aliphatic rings. The van der Waals surface area contributed by atoms with Gasteiger partial charge >= 0.3 is 0 Å². The van der Waals surface area contributed by atoms with Crippen molar-refractivity contribution in [2.75, 3.05) is 32.7 Å². The molecular weight excluding hydrogens is 348 g/mol. The summed E-state index contributed by atoms with van der Waals surface area (Å²) in [6.45, 7) is 12.7. The summed E-state index contributed by atoms with van der Waals surface area (Å²) in [5.41, 5.74) is 2.28. The summed E-state index contributed by atoms with van der Waals surface area (Å²) in [4.78, 5) is 22.2. The number of hydrogen-bond donors (Lipinski definition) is 1. The number of pyridine rings is 1. The van der Waals surface area contributed by atoms with Crippen LogP contribution in [0.15, 0.2) is 18.2 Å². The van der Waals surface area contributed by atoms with E-state index in [4.69, 9.17) is 0 Å². The van der Waals surface area contributed by atoms with Crippen molar-refractivity contribution in [3.8, 4) is 0 Å². The highest BCUT2D eigenvalue weighted by atomic mass is 16.1. The van der Waals surface area contributed by atoms with E-state index >= 15 is 0 Å². The zero-order chi connectivity index (χ0) is 19.9. The second-order valence-electron chi connectivity index (χ2n) is 8.85. The molecule has 5 heteroatoms. The summed E-state index contributed by atoms with van der Waals surface area (Å²) in [6, 6.07) is 6.99. The SMILES string of the molecule is CC[C@H](C)CNC(=O)C1CCN(C2CCN(Cc3cccc(C)n3)CC2)CC1. The first-order valence-electron chi connectivity index (χ1n) is 11.2. The van der Waals surface area contributed by atoms with Crippen LogP contribution in [0.3, 0.4) is 0 Å². The number of nitrogens with one attached hydrogen (secondary N) is 1. The average Bonchev–Trinajstić information content (AvgIpc) is 2.72. The molecule has 3 rings (SSSR count). The maximum absolute atomic E-state index is 12.4. The van der Waals surface area contributed by atoms with Crippen molar-refractivity contribution >= 4 is 5.91 Å². The van der Waals surface area contributed by atoms with Crippen molar-refractivity contribution in [2.24, 2.45) is 11.8 Å². The van der Waals surface area contributed by atoms with E-state index in [1.807, 2.05) is 0 Å². The first kappa shape index (κ1) is 21.3. The van der Waals surface area contributed by atoms with Crippen LogP contribution in [0.2, 0.25) is 0 Å². The van der Waals surface area contributed by atoms with Gasteiger partial charge in [0.15, 0.2) is 0 Å². The molecule has 156 valence electrons. The Labute approximate surface area is 170 Å². The zero-order valence-corrected chi connectivity index (χ0v) is 18.0. The van der Waals surface area contributed by atoms with E-state index in [9.17, 15) is 4.79 Å². The Balaban J connectivity index is 1.37. The highest BCUT2D eigenvalue weighted by Crippen LogP contribution is 2.24. The number of likely N-dealkylation sites (tertiary alicyclic amines) is 2. The fourth-order valence-corrected chi connectivity index (χ4v) is 4.45. The van der Waals surface area contributed by atoms with Crippen LogP contribution in [-0.2, 0) is 11.3 Å². The van der Waals surface area contributed by atoms with Gasteiger partial charge in [0, 0.05) is 43.8 Å². The lowest BCUT2D eigenvalue weighted by molar-refractivity contribution is -0.126. The average molecular weight is 387 g/mol. The summed E-state index contributed by atoms with van der Waals surface area (Å²) in [5.74, 6) is 1.07. The maximum atomic E-state index is 12.4. The van der Waals surface area contributed by atoms with Gasteiger partial charge in [0.05, 0.1) is 5.69 Å². The van der Waals surface area contributed by atoms with Gasteiger partial charge in [0.2, 0.25) is 5.91 Å². The molecule has 2 aliphatic heterocycles. The van der Waals surface area contributed by atoms with Gasteiger partial charge in [0.25, 0.3) is 0 Å². The summed E-state index contributed by atoms with van der Waals surface area (Å²) >= 11 is 0. The highest BCUT2D eigenvalue weighted by Gasteiger charge is 2.30. The van der Waals surface area contributed by atoms with E-state index < -0.39 is 0 Å². The number of rotatable bonds is 7. The smallest absolute Gasteiger partial charge is 0.223 e. The number of piperidine rings is 2. The number of carbonyl (C=O) groups is 1. The minimum absolute atomic E-state index is 0.216. The number of nitrogens with zero attached hydrogens (tertiary/aromatic N) is 3. The van der Waals surface area contributed by atoms with Crippen molar-refractivity contribution in [2.45, 2.75) is 65.5 Å². The van der Waals surface area contributed by atoms with Crippen LogP contribution in [0.4, 0.5) is 0 Å². The Morgan fingerprint density at radius 1 is 1.18 bits per heavy atom. The van der Waals surface area contributed by atoms with Gasteiger partial charge < -0.3 is 10.2 Å². The quantitative estimate of drug-likeness (QED) is 0.782. The molecule has 2 fully saturated rings. The van der Waals surface area contributed by atoms with Crippen LogP contribution in [0, 0.1) is 18.8 Å². The molecule has 28 heavy (non-hydrogen) atoms. The van der Waals surface area contributed by atoms with Gasteiger partial charge in [-0.3, -0.25) is 14.7 Å². The van der Waals surface area contributed by atoms with Gasteiger partial charge in [-0.2, -0.15) is 0 Å². The Morgan fingerprint density at radius 3 is 2.54 bits per heavy atom. The van der Waals surface area contributed by atoms with Crippen LogP contribution in [0.1, 0.15) is 57.3 Å². The first-order chi connectivity index (χ1) is 13.5. The van der Waals surface area contributed by atoms with Crippen LogP contribution < -0.4 is 5.32 Å². The Hall–Kier alpha value is -1.46. The third kappa shape index (κ3) is 6.02. The fraction of sp³-hybridized carbons (Fsp3) is 0.739. The molecule has 2 saturated heterocycles. The fourth-order valence-electron chi connectivity index (χ4n) is 4.45. The molecule has 0 unspecified atom stereocenters. The molecule has 3 heterocycles. The summed E-state index contributed by atoms with van der Waals surface area (Å²) in [5, 5.41) is 3.16. The molecule has 0 saturated carbocycles. The number of aromatic nitrogens is 1. The van der Waals surface area contributed by atoms with Crippen LogP contribution in [0.25, 0.3) is 0 Å². The third-order valence-electron chi connectivity index (χ3n) is 6.63. The number of carbonyl (C=O) groups excluding carboxylic acids is 1. The molecule has 1 atom stereocenters. The topological polar surface area (TPSA) is 48.5 Å². The van der Waals surface area contributed by atoms with Gasteiger partial charge in [-0.25, -0.2) is 0 Å². The van der Waals surface area contributed by atoms with Gasteiger partial charge in [-0.1, -0.05) is 26.3 Å². The minimum atomic E-state index is 0.216. The van der Waals surface area contributed by atoms with Crippen LogP contribution in [0.5, 0.6) is 0 Å². The van der Waals surface area contributed by atoms with Crippen molar-refractivity contribution in [3.05, 3.63) is 29.6 Å². The summed E-state index contributed by atoms with van der Waals surface area (Å²) < 4.78 is 0. The molecule has 1 amide bonds. The molecule has 5 nitrogen and oxygen atoms in total. The lowest BCUT2D eigenvalue weighted by Crippen LogP contribution is -2.49. The predicted octanol–water partition coefficient (Wildman–Crippen LogP) is 3.23. The lowest BCUT2D eigenvalue weighted by atomic mass is 9.92. The molecule has 0 bridgehead atoms. The molecule has 1 aromatic rings. The van der Waals surface area contributed by atoms with Crippen molar-refractivity contribution < 1.29 is 4.79 Å². The van der Waals surface area contributed by atoms with Gasteiger partial charge in [0.1, 0.15) is 0 Å². The number of amides is 1. The van der Waals surface area contributed by atoms with Crippen LogP contribution in [-0.4, -0.2) is 59.5 Å². The molecule has 0 aromatic carbocycles. The van der Waals surface area contributed by atoms with E-state index in [2.05, 4.69) is 59.1 Å². The molecule has 0 aliphatic carbocycles. The van der Waals surface area contributed by atoms with Crippen LogP contribution >= 0.6 is 0 Å². The monoisotopic (exact) mass is 386 g/mol. The Kier molecular flexibility index (Phi) is 7.86. The maximum Gasteiger partial charge on any atom is 0.223 e. The molecule has 1 aromatic heterocycles. The second-order valence-corrected chi connectivity index (χ2v) is 8.85. The first-order valence-corrected chi connectivity index (χ1v) is 11.2. The largest absolute Gasteiger partial charge is 0.356 e. The highest BCUT2D eigenvalue weighted by molar-refractivity contribution is 5.78. The normalized spacial score (nSPS) is 21.5. The molecule has 1 N–H and O–H groups in total. The summed E-state index contributed by atoms with van der Waals surface area (Å²) in [6.07, 6.45) is 5.62. The minimum Gasteiger partial charge on any atom is -0.356 e. The summed E-state index contributed by atoms with van der Waals surface area (Å²) in [7, 11) is 0. The lowest BCUT2D eigenvalue weighted by Gasteiger charge is -2.41. The third-order valence-corrected chi connectivity index (χ3v) is 6.63. The van der Waals surface area contributed by atoms with Crippen molar-refractivity contribution in [3.63, 3.8) is 0 Å².